The number of amides is 1. The Balaban J connectivity index is 2.51. The number of rotatable bonds is 2. The van der Waals surface area contributed by atoms with Crippen molar-refractivity contribution in [3.63, 3.8) is 0 Å². The summed E-state index contributed by atoms with van der Waals surface area (Å²) in [6.45, 7) is 7.80. The zero-order chi connectivity index (χ0) is 10.7. The highest BCUT2D eigenvalue weighted by Gasteiger charge is 2.26. The number of hydrogen-bond acceptors (Lipinski definition) is 1. The SMILES string of the molecule is CC(C)C(C)C(=O)N1CCCC(Cl)C1. The number of hydrogen-bond donors (Lipinski definition) is 0. The molecule has 1 aliphatic heterocycles. The number of piperidine rings is 1. The number of halogens is 1. The first kappa shape index (κ1) is 11.8. The highest BCUT2D eigenvalue weighted by Crippen LogP contribution is 2.19. The smallest absolute Gasteiger partial charge is 0.225 e. The van der Waals surface area contributed by atoms with Crippen LogP contribution in [-0.4, -0.2) is 29.3 Å². The number of carbonyl (C=O) groups excluding carboxylic acids is 1. The van der Waals surface area contributed by atoms with Crippen molar-refractivity contribution in [2.75, 3.05) is 13.1 Å². The Morgan fingerprint density at radius 2 is 2.07 bits per heavy atom. The predicted molar refractivity (Wildman–Crippen MR) is 59.5 cm³/mol. The minimum absolute atomic E-state index is 0.122. The van der Waals surface area contributed by atoms with E-state index in [1.807, 2.05) is 11.8 Å². The zero-order valence-corrected chi connectivity index (χ0v) is 10.0. The maximum absolute atomic E-state index is 12.0. The average Bonchev–Trinajstić information content (AvgIpc) is 2.15. The van der Waals surface area contributed by atoms with Crippen LogP contribution in [-0.2, 0) is 4.79 Å². The fourth-order valence-corrected chi connectivity index (χ4v) is 2.02. The molecule has 0 spiro atoms. The number of nitrogens with zero attached hydrogens (tertiary/aromatic N) is 1. The van der Waals surface area contributed by atoms with Crippen LogP contribution < -0.4 is 0 Å². The molecule has 1 aliphatic rings. The van der Waals surface area contributed by atoms with Gasteiger partial charge in [-0.2, -0.15) is 0 Å². The van der Waals surface area contributed by atoms with Crippen LogP contribution in [0.2, 0.25) is 0 Å². The van der Waals surface area contributed by atoms with Gasteiger partial charge in [0, 0.05) is 19.0 Å². The van der Waals surface area contributed by atoms with Crippen LogP contribution in [0.4, 0.5) is 0 Å². The van der Waals surface area contributed by atoms with Gasteiger partial charge in [-0.15, -0.1) is 11.6 Å². The Morgan fingerprint density at radius 1 is 1.43 bits per heavy atom. The molecule has 0 bridgehead atoms. The van der Waals surface area contributed by atoms with Crippen molar-refractivity contribution >= 4 is 17.5 Å². The Labute approximate surface area is 91.6 Å². The second kappa shape index (κ2) is 5.01. The molecule has 0 aromatic carbocycles. The summed E-state index contributed by atoms with van der Waals surface area (Å²) in [7, 11) is 0. The maximum Gasteiger partial charge on any atom is 0.225 e. The molecule has 1 saturated heterocycles. The molecular weight excluding hydrogens is 198 g/mol. The van der Waals surface area contributed by atoms with E-state index in [0.29, 0.717) is 5.92 Å². The Hall–Kier alpha value is -0.240. The van der Waals surface area contributed by atoms with Crippen molar-refractivity contribution in [2.24, 2.45) is 11.8 Å². The first-order valence-corrected chi connectivity index (χ1v) is 5.89. The first-order valence-electron chi connectivity index (χ1n) is 5.45. The van der Waals surface area contributed by atoms with Gasteiger partial charge in [0.1, 0.15) is 0 Å². The molecule has 14 heavy (non-hydrogen) atoms. The van der Waals surface area contributed by atoms with E-state index >= 15 is 0 Å². The quantitative estimate of drug-likeness (QED) is 0.651. The fourth-order valence-electron chi connectivity index (χ4n) is 1.70. The highest BCUT2D eigenvalue weighted by molar-refractivity contribution is 6.20. The monoisotopic (exact) mass is 217 g/mol. The largest absolute Gasteiger partial charge is 0.341 e. The van der Waals surface area contributed by atoms with Crippen LogP contribution in [0.3, 0.4) is 0 Å². The van der Waals surface area contributed by atoms with E-state index in [4.69, 9.17) is 11.6 Å². The van der Waals surface area contributed by atoms with E-state index < -0.39 is 0 Å². The zero-order valence-electron chi connectivity index (χ0n) is 9.29. The minimum atomic E-state index is 0.122. The summed E-state index contributed by atoms with van der Waals surface area (Å²) < 4.78 is 0. The van der Waals surface area contributed by atoms with Crippen LogP contribution in [0.5, 0.6) is 0 Å². The van der Waals surface area contributed by atoms with E-state index in [9.17, 15) is 4.79 Å². The molecule has 0 radical (unpaired) electrons. The summed E-state index contributed by atoms with van der Waals surface area (Å²) >= 11 is 6.05. The Bertz CT molecular complexity index is 205. The van der Waals surface area contributed by atoms with Crippen molar-refractivity contribution in [1.29, 1.82) is 0 Å². The lowest BCUT2D eigenvalue weighted by Gasteiger charge is -2.32. The van der Waals surface area contributed by atoms with Gasteiger partial charge in [0.2, 0.25) is 5.91 Å². The van der Waals surface area contributed by atoms with Gasteiger partial charge < -0.3 is 4.90 Å². The summed E-state index contributed by atoms with van der Waals surface area (Å²) in [6, 6.07) is 0. The van der Waals surface area contributed by atoms with Gasteiger partial charge in [0.05, 0.1) is 5.38 Å². The fraction of sp³-hybridized carbons (Fsp3) is 0.909. The van der Waals surface area contributed by atoms with Gasteiger partial charge in [0.25, 0.3) is 0 Å². The molecule has 2 nitrogen and oxygen atoms in total. The summed E-state index contributed by atoms with van der Waals surface area (Å²) in [5.74, 6) is 0.806. The summed E-state index contributed by atoms with van der Waals surface area (Å²) in [4.78, 5) is 13.9. The Morgan fingerprint density at radius 3 is 2.57 bits per heavy atom. The molecule has 0 aromatic rings. The third kappa shape index (κ3) is 2.88. The molecule has 1 fully saturated rings. The molecule has 0 aromatic heterocycles. The topological polar surface area (TPSA) is 20.3 Å². The molecule has 82 valence electrons. The van der Waals surface area contributed by atoms with E-state index in [2.05, 4.69) is 13.8 Å². The van der Waals surface area contributed by atoms with E-state index in [1.54, 1.807) is 0 Å². The van der Waals surface area contributed by atoms with Gasteiger partial charge in [0.15, 0.2) is 0 Å². The van der Waals surface area contributed by atoms with Crippen LogP contribution in [0.1, 0.15) is 33.6 Å². The molecular formula is C11H20ClNO. The van der Waals surface area contributed by atoms with Gasteiger partial charge in [-0.1, -0.05) is 20.8 Å². The molecule has 2 unspecified atom stereocenters. The third-order valence-corrected chi connectivity index (χ3v) is 3.42. The lowest BCUT2D eigenvalue weighted by Crippen LogP contribution is -2.43. The standard InChI is InChI=1S/C11H20ClNO/c1-8(2)9(3)11(14)13-6-4-5-10(12)7-13/h8-10H,4-7H2,1-3H3. The second-order valence-electron chi connectivity index (χ2n) is 4.56. The molecule has 0 aliphatic carbocycles. The Kier molecular flexibility index (Phi) is 4.24. The molecule has 0 saturated carbocycles. The normalized spacial score (nSPS) is 25.2. The van der Waals surface area contributed by atoms with Crippen LogP contribution >= 0.6 is 11.6 Å². The van der Waals surface area contributed by atoms with Crippen molar-refractivity contribution in [2.45, 2.75) is 39.0 Å². The lowest BCUT2D eigenvalue weighted by molar-refractivity contribution is -0.137. The molecule has 1 amide bonds. The number of likely N-dealkylation sites (tertiary alicyclic amines) is 1. The van der Waals surface area contributed by atoms with Crippen molar-refractivity contribution in [3.05, 3.63) is 0 Å². The third-order valence-electron chi connectivity index (χ3n) is 3.07. The van der Waals surface area contributed by atoms with Gasteiger partial charge in [-0.25, -0.2) is 0 Å². The van der Waals surface area contributed by atoms with E-state index in [-0.39, 0.29) is 17.2 Å². The first-order chi connectivity index (χ1) is 6.52. The van der Waals surface area contributed by atoms with Crippen molar-refractivity contribution < 1.29 is 4.79 Å². The molecule has 1 heterocycles. The second-order valence-corrected chi connectivity index (χ2v) is 5.17. The van der Waals surface area contributed by atoms with Gasteiger partial charge >= 0.3 is 0 Å². The van der Waals surface area contributed by atoms with Crippen molar-refractivity contribution in [3.8, 4) is 0 Å². The predicted octanol–water partition coefficient (Wildman–Crippen LogP) is 2.51. The van der Waals surface area contributed by atoms with Gasteiger partial charge in [-0.05, 0) is 18.8 Å². The van der Waals surface area contributed by atoms with E-state index in [0.717, 1.165) is 25.9 Å². The van der Waals surface area contributed by atoms with Crippen LogP contribution in [0, 0.1) is 11.8 Å². The average molecular weight is 218 g/mol. The van der Waals surface area contributed by atoms with E-state index in [1.165, 1.54) is 0 Å². The lowest BCUT2D eigenvalue weighted by atomic mass is 9.95. The molecule has 2 atom stereocenters. The maximum atomic E-state index is 12.0. The summed E-state index contributed by atoms with van der Waals surface area (Å²) in [5.41, 5.74) is 0. The minimum Gasteiger partial charge on any atom is -0.341 e. The number of alkyl halides is 1. The molecule has 0 N–H and O–H groups in total. The van der Waals surface area contributed by atoms with Gasteiger partial charge in [-0.3, -0.25) is 4.79 Å². The summed E-state index contributed by atoms with van der Waals surface area (Å²) in [6.07, 6.45) is 2.09. The molecule has 3 heteroatoms. The van der Waals surface area contributed by atoms with Crippen molar-refractivity contribution in [1.82, 2.24) is 4.90 Å². The highest BCUT2D eigenvalue weighted by atomic mass is 35.5. The van der Waals surface area contributed by atoms with Crippen LogP contribution in [0.15, 0.2) is 0 Å². The number of carbonyl (C=O) groups is 1. The van der Waals surface area contributed by atoms with Crippen LogP contribution in [0.25, 0.3) is 0 Å². The molecule has 1 rings (SSSR count). The summed E-state index contributed by atoms with van der Waals surface area (Å²) in [5, 5.41) is 0.159.